The van der Waals surface area contributed by atoms with Gasteiger partial charge in [0.25, 0.3) is 0 Å². The van der Waals surface area contributed by atoms with Crippen molar-refractivity contribution in [1.29, 1.82) is 0 Å². The van der Waals surface area contributed by atoms with Gasteiger partial charge in [0.1, 0.15) is 0 Å². The predicted molar refractivity (Wildman–Crippen MR) is 76.7 cm³/mol. The van der Waals surface area contributed by atoms with E-state index in [0.717, 1.165) is 23.8 Å². The quantitative estimate of drug-likeness (QED) is 0.828. The fraction of sp³-hybridized carbons (Fsp3) is 1.00. The average Bonchev–Trinajstić information content (AvgIpc) is 2.95. The van der Waals surface area contributed by atoms with E-state index in [4.69, 9.17) is 0 Å². The number of nitrogens with one attached hydrogen (secondary N) is 1. The second-order valence-electron chi connectivity index (χ2n) is 6.94. The molecule has 2 nitrogen and oxygen atoms in total. The summed E-state index contributed by atoms with van der Waals surface area (Å²) in [6, 6.07) is 0.771. The van der Waals surface area contributed by atoms with Gasteiger partial charge in [0.05, 0.1) is 0 Å². The van der Waals surface area contributed by atoms with Crippen LogP contribution < -0.4 is 5.32 Å². The number of rotatable bonds is 3. The van der Waals surface area contributed by atoms with E-state index in [9.17, 15) is 0 Å². The molecule has 4 unspecified atom stereocenters. The molecule has 1 N–H and O–H groups in total. The molecule has 104 valence electrons. The Labute approximate surface area is 113 Å². The number of hydrogen-bond acceptors (Lipinski definition) is 2. The summed E-state index contributed by atoms with van der Waals surface area (Å²) in [6.45, 7) is 7.62. The molecule has 0 aromatic carbocycles. The van der Waals surface area contributed by atoms with Crippen LogP contribution in [0.2, 0.25) is 0 Å². The second-order valence-corrected chi connectivity index (χ2v) is 6.94. The van der Waals surface area contributed by atoms with E-state index in [0.29, 0.717) is 0 Å². The molecule has 4 atom stereocenters. The molecule has 3 fully saturated rings. The lowest BCUT2D eigenvalue weighted by Gasteiger charge is -2.33. The second kappa shape index (κ2) is 5.92. The van der Waals surface area contributed by atoms with Crippen molar-refractivity contribution < 1.29 is 0 Å². The van der Waals surface area contributed by atoms with Gasteiger partial charge in [0, 0.05) is 12.6 Å². The van der Waals surface area contributed by atoms with Gasteiger partial charge in [-0.1, -0.05) is 13.3 Å². The number of fused-ring (bicyclic) bond motifs is 2. The zero-order chi connectivity index (χ0) is 12.4. The first-order valence-corrected chi connectivity index (χ1v) is 8.31. The summed E-state index contributed by atoms with van der Waals surface area (Å²) in [5, 5.41) is 3.69. The Balaban J connectivity index is 1.49. The molecule has 3 aliphatic rings. The van der Waals surface area contributed by atoms with Crippen molar-refractivity contribution in [2.24, 2.45) is 17.8 Å². The Morgan fingerprint density at radius 2 is 2.06 bits per heavy atom. The van der Waals surface area contributed by atoms with Gasteiger partial charge in [-0.25, -0.2) is 0 Å². The summed E-state index contributed by atoms with van der Waals surface area (Å²) in [7, 11) is 0. The van der Waals surface area contributed by atoms with Crippen molar-refractivity contribution in [2.75, 3.05) is 26.2 Å². The van der Waals surface area contributed by atoms with Crippen molar-refractivity contribution in [3.63, 3.8) is 0 Å². The Hall–Kier alpha value is -0.0800. The summed E-state index contributed by atoms with van der Waals surface area (Å²) < 4.78 is 0. The highest BCUT2D eigenvalue weighted by Crippen LogP contribution is 2.48. The molecule has 0 spiro atoms. The third-order valence-electron chi connectivity index (χ3n) is 5.75. The van der Waals surface area contributed by atoms with Gasteiger partial charge in [-0.2, -0.15) is 0 Å². The van der Waals surface area contributed by atoms with E-state index >= 15 is 0 Å². The summed E-state index contributed by atoms with van der Waals surface area (Å²) in [4.78, 5) is 2.79. The highest BCUT2D eigenvalue weighted by molar-refractivity contribution is 4.91. The van der Waals surface area contributed by atoms with Gasteiger partial charge in [0.15, 0.2) is 0 Å². The van der Waals surface area contributed by atoms with Crippen molar-refractivity contribution in [1.82, 2.24) is 10.2 Å². The SMILES string of the molecule is CCC1CCN(CC2CC3CCC2C3)CCCN1. The lowest BCUT2D eigenvalue weighted by atomic mass is 9.88. The Bertz CT molecular complexity index is 266. The topological polar surface area (TPSA) is 15.3 Å². The van der Waals surface area contributed by atoms with Gasteiger partial charge in [-0.15, -0.1) is 0 Å². The van der Waals surface area contributed by atoms with E-state index in [1.165, 1.54) is 45.4 Å². The van der Waals surface area contributed by atoms with E-state index in [2.05, 4.69) is 17.1 Å². The van der Waals surface area contributed by atoms with Crippen molar-refractivity contribution >= 4 is 0 Å². The monoisotopic (exact) mass is 250 g/mol. The number of hydrogen-bond donors (Lipinski definition) is 1. The third-order valence-corrected chi connectivity index (χ3v) is 5.75. The number of nitrogens with zero attached hydrogens (tertiary/aromatic N) is 1. The first kappa shape index (κ1) is 12.9. The molecular formula is C16H30N2. The predicted octanol–water partition coefficient (Wildman–Crippen LogP) is 2.89. The molecule has 1 saturated heterocycles. The molecular weight excluding hydrogens is 220 g/mol. The minimum Gasteiger partial charge on any atom is -0.314 e. The normalized spacial score (nSPS) is 41.8. The standard InChI is InChI=1S/C16H30N2/c1-2-16-6-9-18(8-3-7-17-16)12-15-11-13-4-5-14(15)10-13/h13-17H,2-12H2,1H3. The molecule has 2 bridgehead atoms. The first-order chi connectivity index (χ1) is 8.85. The molecule has 2 saturated carbocycles. The van der Waals surface area contributed by atoms with Crippen LogP contribution in [0, 0.1) is 17.8 Å². The first-order valence-electron chi connectivity index (χ1n) is 8.31. The van der Waals surface area contributed by atoms with Gasteiger partial charge in [0.2, 0.25) is 0 Å². The highest BCUT2D eigenvalue weighted by Gasteiger charge is 2.39. The zero-order valence-corrected chi connectivity index (χ0v) is 12.0. The molecule has 1 aliphatic heterocycles. The smallest absolute Gasteiger partial charge is 0.00766 e. The highest BCUT2D eigenvalue weighted by atomic mass is 15.1. The minimum absolute atomic E-state index is 0.771. The fourth-order valence-corrected chi connectivity index (χ4v) is 4.62. The van der Waals surface area contributed by atoms with Crippen LogP contribution in [-0.2, 0) is 0 Å². The van der Waals surface area contributed by atoms with Crippen LogP contribution >= 0.6 is 0 Å². The summed E-state index contributed by atoms with van der Waals surface area (Å²) in [5.41, 5.74) is 0. The van der Waals surface area contributed by atoms with Crippen molar-refractivity contribution in [2.45, 2.75) is 57.9 Å². The maximum Gasteiger partial charge on any atom is 0.00766 e. The Morgan fingerprint density at radius 1 is 1.11 bits per heavy atom. The Kier molecular flexibility index (Phi) is 4.25. The molecule has 2 aliphatic carbocycles. The summed E-state index contributed by atoms with van der Waals surface area (Å²) in [6.07, 6.45) is 10.2. The van der Waals surface area contributed by atoms with Gasteiger partial charge in [-0.3, -0.25) is 0 Å². The molecule has 18 heavy (non-hydrogen) atoms. The Morgan fingerprint density at radius 3 is 2.78 bits per heavy atom. The third kappa shape index (κ3) is 2.91. The van der Waals surface area contributed by atoms with Crippen LogP contribution in [-0.4, -0.2) is 37.1 Å². The van der Waals surface area contributed by atoms with E-state index in [1.54, 1.807) is 25.7 Å². The van der Waals surface area contributed by atoms with Crippen LogP contribution in [0.15, 0.2) is 0 Å². The molecule has 0 amide bonds. The maximum absolute atomic E-state index is 3.69. The fourth-order valence-electron chi connectivity index (χ4n) is 4.62. The lowest BCUT2D eigenvalue weighted by Crippen LogP contribution is -2.41. The van der Waals surface area contributed by atoms with Crippen LogP contribution in [0.5, 0.6) is 0 Å². The van der Waals surface area contributed by atoms with Crippen molar-refractivity contribution in [3.05, 3.63) is 0 Å². The van der Waals surface area contributed by atoms with E-state index < -0.39 is 0 Å². The van der Waals surface area contributed by atoms with Crippen LogP contribution in [0.1, 0.15) is 51.9 Å². The summed E-state index contributed by atoms with van der Waals surface area (Å²) >= 11 is 0. The zero-order valence-electron chi connectivity index (χ0n) is 12.0. The van der Waals surface area contributed by atoms with E-state index in [-0.39, 0.29) is 0 Å². The molecule has 3 rings (SSSR count). The van der Waals surface area contributed by atoms with Crippen LogP contribution in [0.3, 0.4) is 0 Å². The van der Waals surface area contributed by atoms with Crippen molar-refractivity contribution in [3.8, 4) is 0 Å². The van der Waals surface area contributed by atoms with Gasteiger partial charge < -0.3 is 10.2 Å². The van der Waals surface area contributed by atoms with Gasteiger partial charge in [-0.05, 0) is 75.9 Å². The largest absolute Gasteiger partial charge is 0.314 e. The van der Waals surface area contributed by atoms with Crippen LogP contribution in [0.25, 0.3) is 0 Å². The molecule has 0 radical (unpaired) electrons. The molecule has 0 aromatic rings. The average molecular weight is 250 g/mol. The lowest BCUT2D eigenvalue weighted by molar-refractivity contribution is 0.170. The molecule has 1 heterocycles. The molecule has 0 aromatic heterocycles. The summed E-state index contributed by atoms with van der Waals surface area (Å²) in [5.74, 6) is 3.26. The molecule has 2 heteroatoms. The van der Waals surface area contributed by atoms with Crippen LogP contribution in [0.4, 0.5) is 0 Å². The maximum atomic E-state index is 3.69. The minimum atomic E-state index is 0.771. The van der Waals surface area contributed by atoms with Gasteiger partial charge >= 0.3 is 0 Å². The van der Waals surface area contributed by atoms with E-state index in [1.807, 2.05) is 0 Å².